The van der Waals surface area contributed by atoms with Gasteiger partial charge < -0.3 is 21.7 Å². The normalized spacial score (nSPS) is 19.6. The maximum atomic E-state index is 9.66. The van der Waals surface area contributed by atoms with Gasteiger partial charge >= 0.3 is 0 Å². The van der Waals surface area contributed by atoms with Crippen LogP contribution in [0.5, 0.6) is 0 Å². The number of rotatable bonds is 8. The van der Waals surface area contributed by atoms with Crippen molar-refractivity contribution in [3.05, 3.63) is 0 Å². The number of nitrogens with two attached hydrogens (primary N) is 2. The van der Waals surface area contributed by atoms with Crippen LogP contribution in [0.2, 0.25) is 0 Å². The van der Waals surface area contributed by atoms with Crippen LogP contribution in [-0.4, -0.2) is 43.3 Å². The molecular formula is C10H25N2O2Si. The molecule has 0 aliphatic carbocycles. The van der Waals surface area contributed by atoms with Crippen molar-refractivity contribution in [2.75, 3.05) is 0 Å². The van der Waals surface area contributed by atoms with Crippen LogP contribution in [0, 0.1) is 0 Å². The van der Waals surface area contributed by atoms with E-state index in [1.165, 1.54) is 0 Å². The standard InChI is InChI=1S/C10H25N2O2Si/c1-3-7(11)5-9(13)15-10(14)6-8(12)4-2/h7-10,13-15H,3-6,11-12H2,1-2H3. The lowest BCUT2D eigenvalue weighted by Crippen LogP contribution is -2.37. The second-order valence-corrected chi connectivity index (χ2v) is 6.06. The highest BCUT2D eigenvalue weighted by Crippen LogP contribution is 2.04. The monoisotopic (exact) mass is 233 g/mol. The van der Waals surface area contributed by atoms with E-state index in [1.54, 1.807) is 0 Å². The van der Waals surface area contributed by atoms with Gasteiger partial charge in [-0.05, 0) is 25.7 Å². The van der Waals surface area contributed by atoms with Crippen molar-refractivity contribution in [2.24, 2.45) is 11.5 Å². The molecule has 5 heteroatoms. The lowest BCUT2D eigenvalue weighted by molar-refractivity contribution is 0.191. The molecule has 0 aromatic rings. The van der Waals surface area contributed by atoms with Crippen LogP contribution in [0.25, 0.3) is 0 Å². The molecule has 0 aliphatic rings. The van der Waals surface area contributed by atoms with Crippen molar-refractivity contribution in [1.29, 1.82) is 0 Å². The predicted molar refractivity (Wildman–Crippen MR) is 64.9 cm³/mol. The van der Waals surface area contributed by atoms with E-state index in [0.29, 0.717) is 12.8 Å². The summed E-state index contributed by atoms with van der Waals surface area (Å²) in [6, 6.07) is 0.0825. The number of hydrogen-bond donors (Lipinski definition) is 4. The zero-order chi connectivity index (χ0) is 11.8. The smallest absolute Gasteiger partial charge is 0.102 e. The van der Waals surface area contributed by atoms with E-state index in [9.17, 15) is 10.2 Å². The lowest BCUT2D eigenvalue weighted by atomic mass is 10.2. The second kappa shape index (κ2) is 8.24. The molecular weight excluding hydrogens is 208 g/mol. The fourth-order valence-electron chi connectivity index (χ4n) is 1.37. The van der Waals surface area contributed by atoms with Gasteiger partial charge in [0, 0.05) is 23.5 Å². The molecule has 0 heterocycles. The van der Waals surface area contributed by atoms with Crippen LogP contribution in [0.4, 0.5) is 0 Å². The first-order chi connectivity index (χ1) is 6.99. The SMILES string of the molecule is CCC(N)CC(O)[SiH]C(O)CC(N)CC. The van der Waals surface area contributed by atoms with Gasteiger partial charge in [-0.25, -0.2) is 0 Å². The Balaban J connectivity index is 3.70. The molecule has 15 heavy (non-hydrogen) atoms. The van der Waals surface area contributed by atoms with Crippen LogP contribution in [0.1, 0.15) is 39.5 Å². The first-order valence-corrected chi connectivity index (χ1v) is 7.05. The number of hydrogen-bond acceptors (Lipinski definition) is 4. The molecule has 4 nitrogen and oxygen atoms in total. The molecule has 91 valence electrons. The molecule has 0 rings (SSSR count). The first kappa shape index (κ1) is 15.1. The Morgan fingerprint density at radius 2 is 1.27 bits per heavy atom. The molecule has 0 saturated heterocycles. The molecule has 0 aromatic heterocycles. The Bertz CT molecular complexity index is 144. The van der Waals surface area contributed by atoms with E-state index in [-0.39, 0.29) is 21.6 Å². The highest BCUT2D eigenvalue weighted by Gasteiger charge is 2.17. The van der Waals surface area contributed by atoms with Gasteiger partial charge in [-0.2, -0.15) is 0 Å². The van der Waals surface area contributed by atoms with Crippen LogP contribution in [0.15, 0.2) is 0 Å². The zero-order valence-corrected chi connectivity index (χ0v) is 10.9. The molecule has 0 aliphatic heterocycles. The van der Waals surface area contributed by atoms with Crippen LogP contribution in [0.3, 0.4) is 0 Å². The third kappa shape index (κ3) is 7.93. The largest absolute Gasteiger partial charge is 0.397 e. The third-order valence-corrected chi connectivity index (χ3v) is 4.01. The third-order valence-electron chi connectivity index (χ3n) is 2.58. The minimum atomic E-state index is -0.431. The zero-order valence-electron chi connectivity index (χ0n) is 9.76. The summed E-state index contributed by atoms with van der Waals surface area (Å²) in [7, 11) is -0.385. The molecule has 0 spiro atoms. The quantitative estimate of drug-likeness (QED) is 0.418. The van der Waals surface area contributed by atoms with Crippen molar-refractivity contribution in [2.45, 2.75) is 63.1 Å². The minimum Gasteiger partial charge on any atom is -0.397 e. The maximum Gasteiger partial charge on any atom is 0.102 e. The first-order valence-electron chi connectivity index (χ1n) is 5.71. The number of aliphatic hydroxyl groups excluding tert-OH is 2. The second-order valence-electron chi connectivity index (χ2n) is 4.14. The summed E-state index contributed by atoms with van der Waals surface area (Å²) in [5.41, 5.74) is 10.6. The van der Waals surface area contributed by atoms with E-state index in [4.69, 9.17) is 11.5 Å². The molecule has 0 fully saturated rings. The molecule has 4 unspecified atom stereocenters. The van der Waals surface area contributed by atoms with Crippen molar-refractivity contribution < 1.29 is 10.2 Å². The summed E-state index contributed by atoms with van der Waals surface area (Å²) in [5, 5.41) is 19.3. The fraction of sp³-hybridized carbons (Fsp3) is 1.00. The van der Waals surface area contributed by atoms with Crippen molar-refractivity contribution in [3.63, 3.8) is 0 Å². The van der Waals surface area contributed by atoms with Gasteiger partial charge in [-0.1, -0.05) is 13.8 Å². The summed E-state index contributed by atoms with van der Waals surface area (Å²) in [6.45, 7) is 3.99. The van der Waals surface area contributed by atoms with Gasteiger partial charge in [-0.3, -0.25) is 0 Å². The highest BCUT2D eigenvalue weighted by atomic mass is 28.2. The van der Waals surface area contributed by atoms with E-state index in [1.807, 2.05) is 13.8 Å². The predicted octanol–water partition coefficient (Wildman–Crippen LogP) is -0.685. The maximum absolute atomic E-state index is 9.66. The highest BCUT2D eigenvalue weighted by molar-refractivity contribution is 6.38. The Labute approximate surface area is 94.9 Å². The van der Waals surface area contributed by atoms with Gasteiger partial charge in [0.15, 0.2) is 0 Å². The van der Waals surface area contributed by atoms with Gasteiger partial charge in [-0.15, -0.1) is 0 Å². The molecule has 0 amide bonds. The average molecular weight is 233 g/mol. The van der Waals surface area contributed by atoms with Gasteiger partial charge in [0.2, 0.25) is 0 Å². The van der Waals surface area contributed by atoms with Crippen LogP contribution < -0.4 is 11.5 Å². The van der Waals surface area contributed by atoms with E-state index in [0.717, 1.165) is 12.8 Å². The van der Waals surface area contributed by atoms with Crippen molar-refractivity contribution in [1.82, 2.24) is 0 Å². The molecule has 0 saturated carbocycles. The van der Waals surface area contributed by atoms with E-state index < -0.39 is 11.5 Å². The Kier molecular flexibility index (Phi) is 8.27. The summed E-state index contributed by atoms with van der Waals surface area (Å²) in [6.07, 6.45) is 2.90. The van der Waals surface area contributed by atoms with E-state index in [2.05, 4.69) is 0 Å². The van der Waals surface area contributed by atoms with Gasteiger partial charge in [0.05, 0.1) is 0 Å². The summed E-state index contributed by atoms with van der Waals surface area (Å²) >= 11 is 0. The summed E-state index contributed by atoms with van der Waals surface area (Å²) in [4.78, 5) is 0. The number of aliphatic hydroxyl groups is 2. The minimum absolute atomic E-state index is 0.0412. The van der Waals surface area contributed by atoms with Gasteiger partial charge in [0.1, 0.15) is 9.52 Å². The fourth-order valence-corrected chi connectivity index (χ4v) is 2.89. The van der Waals surface area contributed by atoms with Crippen molar-refractivity contribution in [3.8, 4) is 0 Å². The molecule has 1 radical (unpaired) electrons. The lowest BCUT2D eigenvalue weighted by Gasteiger charge is -2.19. The molecule has 0 bridgehead atoms. The topological polar surface area (TPSA) is 92.5 Å². The summed E-state index contributed by atoms with van der Waals surface area (Å²) in [5.74, 6) is 0. The van der Waals surface area contributed by atoms with Crippen molar-refractivity contribution >= 4 is 9.52 Å². The molecule has 6 N–H and O–H groups in total. The summed E-state index contributed by atoms with van der Waals surface area (Å²) < 4.78 is 0. The Hall–Kier alpha value is 0.0569. The molecule has 4 atom stereocenters. The van der Waals surface area contributed by atoms with Gasteiger partial charge in [0.25, 0.3) is 0 Å². The van der Waals surface area contributed by atoms with Crippen LogP contribution >= 0.6 is 0 Å². The Morgan fingerprint density at radius 3 is 1.53 bits per heavy atom. The molecule has 0 aromatic carbocycles. The Morgan fingerprint density at radius 1 is 0.933 bits per heavy atom. The van der Waals surface area contributed by atoms with Crippen LogP contribution in [-0.2, 0) is 0 Å². The average Bonchev–Trinajstić information content (AvgIpc) is 2.16. The van der Waals surface area contributed by atoms with E-state index >= 15 is 0 Å².